The Balaban J connectivity index is 2.17. The third kappa shape index (κ3) is 2.46. The Morgan fingerprint density at radius 2 is 2.20 bits per heavy atom. The molecule has 0 aliphatic heterocycles. The van der Waals surface area contributed by atoms with Crippen LogP contribution in [0.5, 0.6) is 5.75 Å². The third-order valence-electron chi connectivity index (χ3n) is 2.31. The van der Waals surface area contributed by atoms with Crippen molar-refractivity contribution in [3.8, 4) is 5.75 Å². The van der Waals surface area contributed by atoms with Crippen molar-refractivity contribution in [1.29, 1.82) is 0 Å². The lowest BCUT2D eigenvalue weighted by Crippen LogP contribution is -2.01. The zero-order valence-electron chi connectivity index (χ0n) is 8.82. The van der Waals surface area contributed by atoms with Crippen molar-refractivity contribution in [1.82, 2.24) is 0 Å². The second-order valence-corrected chi connectivity index (χ2v) is 3.95. The van der Waals surface area contributed by atoms with Crippen LogP contribution in [0.3, 0.4) is 0 Å². The van der Waals surface area contributed by atoms with Gasteiger partial charge >= 0.3 is 0 Å². The molecule has 2 nitrogen and oxygen atoms in total. The first kappa shape index (κ1) is 9.97. The molecule has 1 aromatic carbocycles. The van der Waals surface area contributed by atoms with Crippen LogP contribution >= 0.6 is 0 Å². The molecule has 0 aromatic heterocycles. The van der Waals surface area contributed by atoms with Crippen molar-refractivity contribution in [2.45, 2.75) is 25.9 Å². The molecule has 0 atom stereocenters. The summed E-state index contributed by atoms with van der Waals surface area (Å²) in [6.07, 6.45) is 2.61. The monoisotopic (exact) mass is 202 g/mol. The highest BCUT2D eigenvalue weighted by Gasteiger charge is 2.23. The van der Waals surface area contributed by atoms with Crippen LogP contribution < -0.4 is 4.74 Å². The fraction of sp³-hybridized carbons (Fsp3) is 0.308. The fourth-order valence-corrected chi connectivity index (χ4v) is 1.34. The summed E-state index contributed by atoms with van der Waals surface area (Å²) in [6, 6.07) is 7.30. The van der Waals surface area contributed by atoms with E-state index < -0.39 is 0 Å². The molecular formula is C13H14O2. The molecule has 0 radical (unpaired) electrons. The van der Waals surface area contributed by atoms with Crippen LogP contribution in [0.15, 0.2) is 36.4 Å². The lowest BCUT2D eigenvalue weighted by molar-refractivity contribution is 0.103. The summed E-state index contributed by atoms with van der Waals surface area (Å²) in [6.45, 7) is 5.36. The Hall–Kier alpha value is -1.57. The Labute approximate surface area is 89.6 Å². The predicted octanol–water partition coefficient (Wildman–Crippen LogP) is 2.99. The number of rotatable bonds is 4. The van der Waals surface area contributed by atoms with Gasteiger partial charge in [-0.1, -0.05) is 18.7 Å². The molecule has 1 saturated carbocycles. The van der Waals surface area contributed by atoms with Gasteiger partial charge in [0.15, 0.2) is 5.78 Å². The molecule has 78 valence electrons. The maximum atomic E-state index is 11.6. The summed E-state index contributed by atoms with van der Waals surface area (Å²) >= 11 is 0. The summed E-state index contributed by atoms with van der Waals surface area (Å²) < 4.78 is 5.61. The molecule has 1 fully saturated rings. The van der Waals surface area contributed by atoms with Gasteiger partial charge in [0, 0.05) is 5.56 Å². The molecule has 2 rings (SSSR count). The largest absolute Gasteiger partial charge is 0.490 e. The van der Waals surface area contributed by atoms with E-state index in [1.807, 2.05) is 12.1 Å². The zero-order valence-corrected chi connectivity index (χ0v) is 8.82. The minimum Gasteiger partial charge on any atom is -0.490 e. The van der Waals surface area contributed by atoms with Crippen LogP contribution in [0.4, 0.5) is 0 Å². The molecule has 1 aliphatic rings. The number of hydrogen-bond donors (Lipinski definition) is 0. The summed E-state index contributed by atoms with van der Waals surface area (Å²) in [4.78, 5) is 11.6. The average molecular weight is 202 g/mol. The van der Waals surface area contributed by atoms with Crippen molar-refractivity contribution in [2.75, 3.05) is 0 Å². The van der Waals surface area contributed by atoms with Gasteiger partial charge in [-0.3, -0.25) is 4.79 Å². The van der Waals surface area contributed by atoms with Crippen LogP contribution in [-0.2, 0) is 0 Å². The van der Waals surface area contributed by atoms with Gasteiger partial charge < -0.3 is 4.74 Å². The smallest absolute Gasteiger partial charge is 0.188 e. The van der Waals surface area contributed by atoms with E-state index in [2.05, 4.69) is 6.58 Å². The first-order valence-corrected chi connectivity index (χ1v) is 5.14. The SMILES string of the molecule is C=C(C)C(=O)c1cccc(OC2CC2)c1. The molecule has 15 heavy (non-hydrogen) atoms. The standard InChI is InChI=1S/C13H14O2/c1-9(2)13(14)10-4-3-5-12(8-10)15-11-6-7-11/h3-5,8,11H,1,6-7H2,2H3. The van der Waals surface area contributed by atoms with Crippen LogP contribution in [0.2, 0.25) is 0 Å². The predicted molar refractivity (Wildman–Crippen MR) is 59.2 cm³/mol. The van der Waals surface area contributed by atoms with Gasteiger partial charge in [0.2, 0.25) is 0 Å². The molecule has 1 aromatic rings. The lowest BCUT2D eigenvalue weighted by atomic mass is 10.1. The van der Waals surface area contributed by atoms with Crippen molar-refractivity contribution < 1.29 is 9.53 Å². The Morgan fingerprint density at radius 3 is 2.80 bits per heavy atom. The van der Waals surface area contributed by atoms with E-state index in [1.54, 1.807) is 19.1 Å². The highest BCUT2D eigenvalue weighted by Crippen LogP contribution is 2.27. The molecule has 0 spiro atoms. The average Bonchev–Trinajstić information content (AvgIpc) is 3.01. The lowest BCUT2D eigenvalue weighted by Gasteiger charge is -2.06. The Morgan fingerprint density at radius 1 is 1.47 bits per heavy atom. The van der Waals surface area contributed by atoms with Gasteiger partial charge in [-0.25, -0.2) is 0 Å². The number of Topliss-reactive ketones (excluding diaryl/α,β-unsaturated/α-hetero) is 1. The maximum absolute atomic E-state index is 11.6. The van der Waals surface area contributed by atoms with E-state index in [9.17, 15) is 4.79 Å². The van der Waals surface area contributed by atoms with Crippen molar-refractivity contribution in [3.63, 3.8) is 0 Å². The molecule has 0 unspecified atom stereocenters. The van der Waals surface area contributed by atoms with Crippen molar-refractivity contribution >= 4 is 5.78 Å². The molecule has 0 bridgehead atoms. The van der Waals surface area contributed by atoms with Gasteiger partial charge in [0.25, 0.3) is 0 Å². The highest BCUT2D eigenvalue weighted by molar-refractivity contribution is 6.08. The number of ketones is 1. The van der Waals surface area contributed by atoms with Crippen LogP contribution in [0.1, 0.15) is 30.1 Å². The Kier molecular flexibility index (Phi) is 2.58. The van der Waals surface area contributed by atoms with E-state index in [-0.39, 0.29) is 5.78 Å². The van der Waals surface area contributed by atoms with E-state index in [1.165, 1.54) is 0 Å². The van der Waals surface area contributed by atoms with E-state index in [0.29, 0.717) is 17.2 Å². The molecule has 0 heterocycles. The number of carbonyl (C=O) groups excluding carboxylic acids is 1. The molecule has 0 N–H and O–H groups in total. The number of benzene rings is 1. The van der Waals surface area contributed by atoms with Gasteiger partial charge in [0.05, 0.1) is 6.10 Å². The maximum Gasteiger partial charge on any atom is 0.188 e. The summed E-state index contributed by atoms with van der Waals surface area (Å²) in [5.41, 5.74) is 1.21. The number of carbonyl (C=O) groups is 1. The van der Waals surface area contributed by atoms with E-state index >= 15 is 0 Å². The minimum absolute atomic E-state index is 0.0174. The van der Waals surface area contributed by atoms with Crippen molar-refractivity contribution in [3.05, 3.63) is 42.0 Å². The third-order valence-corrected chi connectivity index (χ3v) is 2.31. The first-order valence-electron chi connectivity index (χ1n) is 5.14. The van der Waals surface area contributed by atoms with Crippen molar-refractivity contribution in [2.24, 2.45) is 0 Å². The van der Waals surface area contributed by atoms with E-state index in [0.717, 1.165) is 18.6 Å². The van der Waals surface area contributed by atoms with Gasteiger partial charge in [-0.05, 0) is 37.5 Å². The number of allylic oxidation sites excluding steroid dienone is 1. The summed E-state index contributed by atoms with van der Waals surface area (Å²) in [5, 5.41) is 0. The second kappa shape index (κ2) is 3.89. The molecule has 0 amide bonds. The van der Waals surface area contributed by atoms with Gasteiger partial charge in [0.1, 0.15) is 5.75 Å². The quantitative estimate of drug-likeness (QED) is 0.554. The Bertz CT molecular complexity index is 403. The number of ether oxygens (including phenoxy) is 1. The minimum atomic E-state index is -0.0174. The van der Waals surface area contributed by atoms with Crippen LogP contribution in [-0.4, -0.2) is 11.9 Å². The molecular weight excluding hydrogens is 188 g/mol. The zero-order chi connectivity index (χ0) is 10.8. The van der Waals surface area contributed by atoms with Gasteiger partial charge in [-0.2, -0.15) is 0 Å². The highest BCUT2D eigenvalue weighted by atomic mass is 16.5. The topological polar surface area (TPSA) is 26.3 Å². The first-order chi connectivity index (χ1) is 7.16. The van der Waals surface area contributed by atoms with E-state index in [4.69, 9.17) is 4.74 Å². The molecule has 2 heteroatoms. The normalized spacial score (nSPS) is 14.7. The molecule has 0 saturated heterocycles. The summed E-state index contributed by atoms with van der Waals surface area (Å²) in [7, 11) is 0. The second-order valence-electron chi connectivity index (χ2n) is 3.95. The van der Waals surface area contributed by atoms with Gasteiger partial charge in [-0.15, -0.1) is 0 Å². The number of hydrogen-bond acceptors (Lipinski definition) is 2. The van der Waals surface area contributed by atoms with Crippen LogP contribution in [0.25, 0.3) is 0 Å². The molecule has 1 aliphatic carbocycles. The fourth-order valence-electron chi connectivity index (χ4n) is 1.34. The summed E-state index contributed by atoms with van der Waals surface area (Å²) in [5.74, 6) is 0.765. The van der Waals surface area contributed by atoms with Crippen LogP contribution in [0, 0.1) is 0 Å².